The number of imidazole rings is 1. The molecule has 0 unspecified atom stereocenters. The van der Waals surface area contributed by atoms with E-state index in [0.717, 1.165) is 50.9 Å². The summed E-state index contributed by atoms with van der Waals surface area (Å²) in [6.45, 7) is 6.43. The molecule has 0 atom stereocenters. The molecule has 0 bridgehead atoms. The van der Waals surface area contributed by atoms with Gasteiger partial charge in [0.05, 0.1) is 11.0 Å². The van der Waals surface area contributed by atoms with Crippen LogP contribution in [0.15, 0.2) is 54.6 Å². The van der Waals surface area contributed by atoms with Crippen LogP contribution in [0.25, 0.3) is 11.0 Å². The van der Waals surface area contributed by atoms with Gasteiger partial charge in [-0.1, -0.05) is 17.7 Å². The van der Waals surface area contributed by atoms with Gasteiger partial charge in [0.2, 0.25) is 0 Å². The van der Waals surface area contributed by atoms with Crippen LogP contribution in [-0.4, -0.2) is 9.55 Å². The summed E-state index contributed by atoms with van der Waals surface area (Å²) in [6, 6.07) is 17.8. The van der Waals surface area contributed by atoms with Crippen molar-refractivity contribution in [2.45, 2.75) is 27.4 Å². The van der Waals surface area contributed by atoms with E-state index in [-0.39, 0.29) is 0 Å². The maximum absolute atomic E-state index is 6.08. The van der Waals surface area contributed by atoms with Crippen molar-refractivity contribution in [3.63, 3.8) is 0 Å². The third-order valence-corrected chi connectivity index (χ3v) is 5.14. The highest BCUT2D eigenvalue weighted by Crippen LogP contribution is 2.30. The lowest BCUT2D eigenvalue weighted by molar-refractivity contribution is 0.292. The van der Waals surface area contributed by atoms with Crippen molar-refractivity contribution < 1.29 is 9.47 Å². The molecule has 1 aromatic heterocycles. The van der Waals surface area contributed by atoms with Crippen LogP contribution in [0.2, 0.25) is 0 Å². The lowest BCUT2D eigenvalue weighted by Gasteiger charge is -2.11. The Morgan fingerprint density at radius 1 is 0.862 bits per heavy atom. The van der Waals surface area contributed by atoms with E-state index in [0.29, 0.717) is 6.61 Å². The molecular formula is C24H25N3O2. The zero-order valence-corrected chi connectivity index (χ0v) is 17.2. The highest BCUT2D eigenvalue weighted by molar-refractivity contribution is 5.78. The number of fused-ring (bicyclic) bond motifs is 1. The van der Waals surface area contributed by atoms with Gasteiger partial charge in [0.1, 0.15) is 29.7 Å². The van der Waals surface area contributed by atoms with Crippen LogP contribution in [0.1, 0.15) is 22.5 Å². The first kappa shape index (κ1) is 18.9. The lowest BCUT2D eigenvalue weighted by Crippen LogP contribution is -2.03. The number of hydrogen-bond donors (Lipinski definition) is 1. The van der Waals surface area contributed by atoms with Gasteiger partial charge in [-0.2, -0.15) is 0 Å². The summed E-state index contributed by atoms with van der Waals surface area (Å²) in [5.41, 5.74) is 12.0. The minimum atomic E-state index is 0.404. The molecule has 2 N–H and O–H groups in total. The van der Waals surface area contributed by atoms with Crippen molar-refractivity contribution in [2.24, 2.45) is 7.05 Å². The number of benzene rings is 3. The molecule has 0 saturated carbocycles. The Morgan fingerprint density at radius 3 is 2.21 bits per heavy atom. The minimum Gasteiger partial charge on any atom is -0.486 e. The maximum Gasteiger partial charge on any atom is 0.147 e. The van der Waals surface area contributed by atoms with E-state index in [2.05, 4.69) is 6.92 Å². The van der Waals surface area contributed by atoms with E-state index in [1.54, 1.807) is 0 Å². The fourth-order valence-corrected chi connectivity index (χ4v) is 3.32. The number of ether oxygens (including phenoxy) is 2. The quantitative estimate of drug-likeness (QED) is 0.462. The average molecular weight is 387 g/mol. The van der Waals surface area contributed by atoms with E-state index in [1.165, 1.54) is 5.56 Å². The molecule has 0 aliphatic rings. The van der Waals surface area contributed by atoms with Crippen molar-refractivity contribution in [2.75, 3.05) is 5.73 Å². The summed E-state index contributed by atoms with van der Waals surface area (Å²) in [7, 11) is 1.99. The fourth-order valence-electron chi connectivity index (χ4n) is 3.32. The number of nitrogens with two attached hydrogens (primary N) is 1. The largest absolute Gasteiger partial charge is 0.486 e. The van der Waals surface area contributed by atoms with Gasteiger partial charge in [-0.25, -0.2) is 4.98 Å². The summed E-state index contributed by atoms with van der Waals surface area (Å²) >= 11 is 0. The Bertz CT molecular complexity index is 1150. The van der Waals surface area contributed by atoms with Crippen LogP contribution in [0.5, 0.6) is 17.2 Å². The third-order valence-electron chi connectivity index (χ3n) is 5.14. The number of nitrogens with zero attached hydrogens (tertiary/aromatic N) is 2. The predicted molar refractivity (Wildman–Crippen MR) is 117 cm³/mol. The molecule has 4 rings (SSSR count). The molecule has 1 heterocycles. The van der Waals surface area contributed by atoms with Crippen LogP contribution in [-0.2, 0) is 13.7 Å². The van der Waals surface area contributed by atoms with E-state index in [4.69, 9.17) is 20.2 Å². The standard InChI is InChI=1S/C24H25N3O2/c1-15-5-7-18(8-6-15)28-14-23-26-21-10-9-19(13-22(21)27(23)4)29-20-11-16(2)24(25)17(3)12-20/h5-13H,14,25H2,1-4H3. The predicted octanol–water partition coefficient (Wildman–Crippen LogP) is 5.45. The first-order valence-electron chi connectivity index (χ1n) is 9.60. The van der Waals surface area contributed by atoms with Crippen molar-refractivity contribution in [1.82, 2.24) is 9.55 Å². The lowest BCUT2D eigenvalue weighted by atomic mass is 10.1. The summed E-state index contributed by atoms with van der Waals surface area (Å²) in [4.78, 5) is 4.70. The zero-order chi connectivity index (χ0) is 20.5. The number of anilines is 1. The first-order valence-corrected chi connectivity index (χ1v) is 9.60. The molecule has 5 heteroatoms. The molecule has 4 aromatic rings. The van der Waals surface area contributed by atoms with Crippen molar-refractivity contribution in [3.05, 3.63) is 77.1 Å². The van der Waals surface area contributed by atoms with Gasteiger partial charge in [-0.3, -0.25) is 0 Å². The molecule has 0 radical (unpaired) electrons. The Kier molecular flexibility index (Phi) is 4.89. The molecule has 0 saturated heterocycles. The van der Waals surface area contributed by atoms with Gasteiger partial charge in [0.25, 0.3) is 0 Å². The van der Waals surface area contributed by atoms with Gasteiger partial charge in [-0.15, -0.1) is 0 Å². The van der Waals surface area contributed by atoms with Crippen LogP contribution < -0.4 is 15.2 Å². The maximum atomic E-state index is 6.08. The SMILES string of the molecule is Cc1ccc(OCc2nc3ccc(Oc4cc(C)c(N)c(C)c4)cc3n2C)cc1. The Hall–Kier alpha value is -3.47. The van der Waals surface area contributed by atoms with Crippen LogP contribution in [0.3, 0.4) is 0 Å². The van der Waals surface area contributed by atoms with Crippen LogP contribution >= 0.6 is 0 Å². The van der Waals surface area contributed by atoms with Gasteiger partial charge in [0.15, 0.2) is 0 Å². The van der Waals surface area contributed by atoms with Crippen LogP contribution in [0.4, 0.5) is 5.69 Å². The van der Waals surface area contributed by atoms with Gasteiger partial charge < -0.3 is 19.8 Å². The summed E-state index contributed by atoms with van der Waals surface area (Å²) in [5.74, 6) is 3.23. The molecule has 3 aromatic carbocycles. The zero-order valence-electron chi connectivity index (χ0n) is 17.2. The first-order chi connectivity index (χ1) is 13.9. The van der Waals surface area contributed by atoms with E-state index < -0.39 is 0 Å². The van der Waals surface area contributed by atoms with Crippen LogP contribution in [0, 0.1) is 20.8 Å². The smallest absolute Gasteiger partial charge is 0.147 e. The molecule has 5 nitrogen and oxygen atoms in total. The number of aromatic nitrogens is 2. The molecule has 0 aliphatic carbocycles. The number of rotatable bonds is 5. The minimum absolute atomic E-state index is 0.404. The molecule has 29 heavy (non-hydrogen) atoms. The average Bonchev–Trinajstić information content (AvgIpc) is 3.01. The Balaban J connectivity index is 1.56. The second kappa shape index (κ2) is 7.51. The van der Waals surface area contributed by atoms with E-state index >= 15 is 0 Å². The van der Waals surface area contributed by atoms with Gasteiger partial charge >= 0.3 is 0 Å². The summed E-state index contributed by atoms with van der Waals surface area (Å²) in [5, 5.41) is 0. The number of nitrogen functional groups attached to an aromatic ring is 1. The number of aryl methyl sites for hydroxylation is 4. The molecule has 148 valence electrons. The molecule has 0 fully saturated rings. The normalized spacial score (nSPS) is 11.0. The summed E-state index contributed by atoms with van der Waals surface area (Å²) in [6.07, 6.45) is 0. The number of hydrogen-bond acceptors (Lipinski definition) is 4. The highest BCUT2D eigenvalue weighted by Gasteiger charge is 2.11. The molecule has 0 aliphatic heterocycles. The Morgan fingerprint density at radius 2 is 1.52 bits per heavy atom. The molecular weight excluding hydrogens is 362 g/mol. The topological polar surface area (TPSA) is 62.3 Å². The fraction of sp³-hybridized carbons (Fsp3) is 0.208. The van der Waals surface area contributed by atoms with Crippen molar-refractivity contribution in [1.29, 1.82) is 0 Å². The van der Waals surface area contributed by atoms with Crippen molar-refractivity contribution in [3.8, 4) is 17.2 Å². The monoisotopic (exact) mass is 387 g/mol. The second-order valence-electron chi connectivity index (χ2n) is 7.41. The van der Waals surface area contributed by atoms with Gasteiger partial charge in [-0.05, 0) is 68.3 Å². The Labute approximate surface area is 170 Å². The van der Waals surface area contributed by atoms with E-state index in [9.17, 15) is 0 Å². The molecule has 0 spiro atoms. The second-order valence-corrected chi connectivity index (χ2v) is 7.41. The summed E-state index contributed by atoms with van der Waals surface area (Å²) < 4.78 is 14.0. The third kappa shape index (κ3) is 3.90. The van der Waals surface area contributed by atoms with Gasteiger partial charge in [0, 0.05) is 18.8 Å². The van der Waals surface area contributed by atoms with E-state index in [1.807, 2.05) is 80.1 Å². The van der Waals surface area contributed by atoms with Crippen molar-refractivity contribution >= 4 is 16.7 Å². The molecule has 0 amide bonds. The highest BCUT2D eigenvalue weighted by atomic mass is 16.5.